The number of anilines is 1. The van der Waals surface area contributed by atoms with E-state index in [2.05, 4.69) is 14.9 Å². The van der Waals surface area contributed by atoms with E-state index >= 15 is 0 Å². The van der Waals surface area contributed by atoms with Crippen LogP contribution in [0.15, 0.2) is 29.2 Å². The highest BCUT2D eigenvalue weighted by Gasteiger charge is 2.06. The van der Waals surface area contributed by atoms with Crippen molar-refractivity contribution in [1.82, 2.24) is 14.2 Å². The van der Waals surface area contributed by atoms with E-state index in [1.165, 1.54) is 17.6 Å². The van der Waals surface area contributed by atoms with Crippen LogP contribution in [0.25, 0.3) is 0 Å². The number of nitrogens with zero attached hydrogens (tertiary/aromatic N) is 3. The molecule has 0 radical (unpaired) electrons. The molecule has 78 valence electrons. The molecule has 2 heterocycles. The quantitative estimate of drug-likeness (QED) is 0.834. The highest BCUT2D eigenvalue weighted by atomic mass is 32.1. The summed E-state index contributed by atoms with van der Waals surface area (Å²) in [7, 11) is 1.81. The van der Waals surface area contributed by atoms with E-state index in [-0.39, 0.29) is 5.56 Å². The molecule has 0 fully saturated rings. The van der Waals surface area contributed by atoms with Gasteiger partial charge in [0.15, 0.2) is 0 Å². The molecule has 0 aromatic carbocycles. The summed E-state index contributed by atoms with van der Waals surface area (Å²) in [5.41, 5.74) is 0.753. The lowest BCUT2D eigenvalue weighted by Gasteiger charge is -2.03. The van der Waals surface area contributed by atoms with E-state index in [1.54, 1.807) is 16.8 Å². The Morgan fingerprint density at radius 2 is 2.40 bits per heavy atom. The van der Waals surface area contributed by atoms with E-state index in [1.807, 2.05) is 13.1 Å². The number of nitrogens with one attached hydrogen (secondary N) is 1. The Morgan fingerprint density at radius 1 is 1.53 bits per heavy atom. The van der Waals surface area contributed by atoms with Crippen molar-refractivity contribution in [3.63, 3.8) is 0 Å². The Balaban J connectivity index is 2.30. The topological polar surface area (TPSA) is 59.8 Å². The van der Waals surface area contributed by atoms with Crippen molar-refractivity contribution >= 4 is 16.5 Å². The average Bonchev–Trinajstić information content (AvgIpc) is 2.69. The maximum Gasteiger partial charge on any atom is 0.250 e. The Morgan fingerprint density at radius 3 is 3.13 bits per heavy atom. The van der Waals surface area contributed by atoms with Crippen LogP contribution in [0.3, 0.4) is 0 Å². The van der Waals surface area contributed by atoms with Crippen molar-refractivity contribution in [1.29, 1.82) is 0 Å². The molecular formula is C9H10N4OS. The number of pyridine rings is 1. The van der Waals surface area contributed by atoms with Gasteiger partial charge in [-0.15, -0.1) is 5.10 Å². The van der Waals surface area contributed by atoms with Gasteiger partial charge >= 0.3 is 0 Å². The van der Waals surface area contributed by atoms with Crippen LogP contribution in [-0.2, 0) is 6.54 Å². The Labute approximate surface area is 90.5 Å². The van der Waals surface area contributed by atoms with Crippen LogP contribution in [0.1, 0.15) is 5.69 Å². The zero-order valence-electron chi connectivity index (χ0n) is 8.17. The van der Waals surface area contributed by atoms with Crippen LogP contribution in [0.4, 0.5) is 5.00 Å². The first-order valence-electron chi connectivity index (χ1n) is 4.45. The lowest BCUT2D eigenvalue weighted by atomic mass is 10.4. The number of aromatic nitrogens is 3. The second-order valence-corrected chi connectivity index (χ2v) is 3.72. The third kappa shape index (κ3) is 2.04. The van der Waals surface area contributed by atoms with Crippen molar-refractivity contribution in [3.05, 3.63) is 40.4 Å². The fraction of sp³-hybridized carbons (Fsp3) is 0.222. The Hall–Kier alpha value is -1.69. The van der Waals surface area contributed by atoms with Gasteiger partial charge in [0.05, 0.1) is 6.54 Å². The second kappa shape index (κ2) is 4.22. The lowest BCUT2D eigenvalue weighted by molar-refractivity contribution is 0.736. The van der Waals surface area contributed by atoms with Crippen LogP contribution >= 0.6 is 11.5 Å². The Bertz CT molecular complexity index is 505. The average molecular weight is 222 g/mol. The van der Waals surface area contributed by atoms with Gasteiger partial charge in [-0.3, -0.25) is 4.79 Å². The smallest absolute Gasteiger partial charge is 0.250 e. The van der Waals surface area contributed by atoms with Crippen molar-refractivity contribution in [2.45, 2.75) is 6.54 Å². The predicted molar refractivity (Wildman–Crippen MR) is 59.3 cm³/mol. The Kier molecular flexibility index (Phi) is 2.77. The summed E-state index contributed by atoms with van der Waals surface area (Å²) in [6.45, 7) is 0.451. The third-order valence-corrected chi connectivity index (χ3v) is 2.79. The molecule has 2 aromatic rings. The van der Waals surface area contributed by atoms with E-state index in [4.69, 9.17) is 0 Å². The summed E-state index contributed by atoms with van der Waals surface area (Å²) in [5, 5.41) is 7.86. The first-order chi connectivity index (χ1) is 7.31. The van der Waals surface area contributed by atoms with Gasteiger partial charge in [0.25, 0.3) is 5.56 Å². The molecular weight excluding hydrogens is 212 g/mol. The molecule has 0 aliphatic carbocycles. The predicted octanol–water partition coefficient (Wildman–Crippen LogP) is 0.790. The highest BCUT2D eigenvalue weighted by molar-refractivity contribution is 7.10. The zero-order chi connectivity index (χ0) is 10.7. The minimum Gasteiger partial charge on any atom is -0.377 e. The van der Waals surface area contributed by atoms with Crippen molar-refractivity contribution in [2.75, 3.05) is 12.4 Å². The van der Waals surface area contributed by atoms with Crippen molar-refractivity contribution < 1.29 is 0 Å². The van der Waals surface area contributed by atoms with E-state index in [0.29, 0.717) is 6.54 Å². The molecule has 0 unspecified atom stereocenters. The molecule has 0 amide bonds. The van der Waals surface area contributed by atoms with Crippen LogP contribution in [0, 0.1) is 0 Å². The first kappa shape index (κ1) is 9.85. The lowest BCUT2D eigenvalue weighted by Crippen LogP contribution is -2.18. The summed E-state index contributed by atoms with van der Waals surface area (Å²) in [6.07, 6.45) is 1.74. The van der Waals surface area contributed by atoms with Gasteiger partial charge in [-0.25, -0.2) is 0 Å². The summed E-state index contributed by atoms with van der Waals surface area (Å²) in [6, 6.07) is 5.07. The molecule has 0 bridgehead atoms. The summed E-state index contributed by atoms with van der Waals surface area (Å²) in [4.78, 5) is 11.4. The van der Waals surface area contributed by atoms with Gasteiger partial charge in [0, 0.05) is 30.8 Å². The first-order valence-corrected chi connectivity index (χ1v) is 5.23. The van der Waals surface area contributed by atoms with Gasteiger partial charge in [0.1, 0.15) is 10.7 Å². The molecule has 1 N–H and O–H groups in total. The molecule has 6 heteroatoms. The zero-order valence-corrected chi connectivity index (χ0v) is 8.99. The summed E-state index contributed by atoms with van der Waals surface area (Å²) >= 11 is 1.29. The molecule has 0 saturated heterocycles. The van der Waals surface area contributed by atoms with Crippen LogP contribution in [0.2, 0.25) is 0 Å². The molecule has 0 spiro atoms. The number of rotatable bonds is 3. The van der Waals surface area contributed by atoms with Crippen molar-refractivity contribution in [2.24, 2.45) is 0 Å². The van der Waals surface area contributed by atoms with Gasteiger partial charge in [0.2, 0.25) is 0 Å². The number of hydrogen-bond acceptors (Lipinski definition) is 5. The molecule has 0 aliphatic rings. The standard InChI is InChI=1S/C9H10N4OS/c1-10-9-7(11-12-15-9)6-13-5-3-2-4-8(13)14/h2-5,10H,6H2,1H3. The SMILES string of the molecule is CNc1snnc1Cn1ccccc1=O. The summed E-state index contributed by atoms with van der Waals surface area (Å²) < 4.78 is 5.43. The van der Waals surface area contributed by atoms with Gasteiger partial charge in [-0.05, 0) is 6.07 Å². The molecule has 5 nitrogen and oxygen atoms in total. The molecule has 0 saturated carbocycles. The van der Waals surface area contributed by atoms with Gasteiger partial charge < -0.3 is 9.88 Å². The van der Waals surface area contributed by atoms with Crippen LogP contribution in [-0.4, -0.2) is 21.2 Å². The third-order valence-electron chi connectivity index (χ3n) is 2.00. The maximum absolute atomic E-state index is 11.4. The normalized spacial score (nSPS) is 10.2. The number of hydrogen-bond donors (Lipinski definition) is 1. The maximum atomic E-state index is 11.4. The fourth-order valence-electron chi connectivity index (χ4n) is 1.25. The largest absolute Gasteiger partial charge is 0.377 e. The molecule has 2 rings (SSSR count). The summed E-state index contributed by atoms with van der Waals surface area (Å²) in [5.74, 6) is 0. The van der Waals surface area contributed by atoms with Crippen LogP contribution in [0.5, 0.6) is 0 Å². The molecule has 0 atom stereocenters. The van der Waals surface area contributed by atoms with Gasteiger partial charge in [-0.1, -0.05) is 10.6 Å². The monoisotopic (exact) mass is 222 g/mol. The fourth-order valence-corrected chi connectivity index (χ4v) is 1.78. The van der Waals surface area contributed by atoms with Gasteiger partial charge in [-0.2, -0.15) is 0 Å². The van der Waals surface area contributed by atoms with E-state index in [0.717, 1.165) is 10.7 Å². The minimum absolute atomic E-state index is 0.0347. The van der Waals surface area contributed by atoms with E-state index < -0.39 is 0 Å². The minimum atomic E-state index is -0.0347. The molecule has 2 aromatic heterocycles. The van der Waals surface area contributed by atoms with Crippen LogP contribution < -0.4 is 10.9 Å². The highest BCUT2D eigenvalue weighted by Crippen LogP contribution is 2.16. The van der Waals surface area contributed by atoms with E-state index in [9.17, 15) is 4.79 Å². The molecule has 0 aliphatic heterocycles. The molecule has 15 heavy (non-hydrogen) atoms. The van der Waals surface area contributed by atoms with Crippen molar-refractivity contribution in [3.8, 4) is 0 Å². The second-order valence-electron chi connectivity index (χ2n) is 2.97.